The molecule has 0 bridgehead atoms. The number of amides is 1. The molecule has 0 saturated carbocycles. The summed E-state index contributed by atoms with van der Waals surface area (Å²) >= 11 is 0. The highest BCUT2D eigenvalue weighted by Gasteiger charge is 2.11. The number of nitrogen functional groups attached to an aromatic ring is 1. The number of hydrogen-bond donors (Lipinski definition) is 2. The summed E-state index contributed by atoms with van der Waals surface area (Å²) in [4.78, 5) is 11.8. The first kappa shape index (κ1) is 13.2. The van der Waals surface area contributed by atoms with Crippen molar-refractivity contribution in [2.24, 2.45) is 0 Å². The van der Waals surface area contributed by atoms with Gasteiger partial charge in [0.15, 0.2) is 0 Å². The summed E-state index contributed by atoms with van der Waals surface area (Å²) < 4.78 is 5.24. The van der Waals surface area contributed by atoms with E-state index in [-0.39, 0.29) is 11.9 Å². The van der Waals surface area contributed by atoms with Crippen molar-refractivity contribution in [3.05, 3.63) is 54.0 Å². The van der Waals surface area contributed by atoms with Crippen LogP contribution in [0.3, 0.4) is 0 Å². The molecule has 100 valence electrons. The van der Waals surface area contributed by atoms with Gasteiger partial charge < -0.3 is 15.5 Å². The first-order chi connectivity index (χ1) is 9.15. The minimum atomic E-state index is -0.103. The summed E-state index contributed by atoms with van der Waals surface area (Å²) in [6.07, 6.45) is 2.76. The molecule has 4 heteroatoms. The minimum Gasteiger partial charge on any atom is -0.467 e. The van der Waals surface area contributed by atoms with Gasteiger partial charge in [-0.3, -0.25) is 4.79 Å². The maximum atomic E-state index is 11.8. The van der Waals surface area contributed by atoms with Gasteiger partial charge in [0.2, 0.25) is 5.91 Å². The van der Waals surface area contributed by atoms with E-state index < -0.39 is 0 Å². The summed E-state index contributed by atoms with van der Waals surface area (Å²) in [5.74, 6) is 0.779. The molecule has 0 saturated heterocycles. The Hall–Kier alpha value is -2.23. The van der Waals surface area contributed by atoms with Crippen LogP contribution in [-0.2, 0) is 11.2 Å². The average Bonchev–Trinajstić information content (AvgIpc) is 2.92. The molecular weight excluding hydrogens is 240 g/mol. The fourth-order valence-electron chi connectivity index (χ4n) is 1.86. The third kappa shape index (κ3) is 3.88. The van der Waals surface area contributed by atoms with Gasteiger partial charge >= 0.3 is 0 Å². The summed E-state index contributed by atoms with van der Waals surface area (Å²) in [5, 5.41) is 2.91. The van der Waals surface area contributed by atoms with Gasteiger partial charge in [-0.2, -0.15) is 0 Å². The molecule has 0 unspecified atom stereocenters. The normalized spacial score (nSPS) is 12.1. The van der Waals surface area contributed by atoms with E-state index in [1.165, 1.54) is 0 Å². The highest BCUT2D eigenvalue weighted by atomic mass is 16.3. The summed E-state index contributed by atoms with van der Waals surface area (Å²) in [6, 6.07) is 11.1. The molecule has 0 aliphatic heterocycles. The number of hydrogen-bond acceptors (Lipinski definition) is 3. The van der Waals surface area contributed by atoms with E-state index in [0.29, 0.717) is 12.8 Å². The number of aryl methyl sites for hydroxylation is 1. The van der Waals surface area contributed by atoms with Gasteiger partial charge in [-0.1, -0.05) is 12.1 Å². The van der Waals surface area contributed by atoms with Gasteiger partial charge in [-0.15, -0.1) is 0 Å². The molecule has 1 heterocycles. The fraction of sp³-hybridized carbons (Fsp3) is 0.267. The Morgan fingerprint density at radius 3 is 2.68 bits per heavy atom. The van der Waals surface area contributed by atoms with Crippen LogP contribution in [0.5, 0.6) is 0 Å². The van der Waals surface area contributed by atoms with Gasteiger partial charge in [0.1, 0.15) is 5.76 Å². The van der Waals surface area contributed by atoms with Crippen molar-refractivity contribution in [2.75, 3.05) is 5.73 Å². The van der Waals surface area contributed by atoms with Crippen molar-refractivity contribution in [1.82, 2.24) is 5.32 Å². The highest BCUT2D eigenvalue weighted by molar-refractivity contribution is 5.76. The second-order valence-corrected chi connectivity index (χ2v) is 4.55. The van der Waals surface area contributed by atoms with Gasteiger partial charge in [-0.25, -0.2) is 0 Å². The molecule has 0 radical (unpaired) electrons. The third-order valence-corrected chi connectivity index (χ3v) is 2.97. The van der Waals surface area contributed by atoms with Crippen molar-refractivity contribution in [3.63, 3.8) is 0 Å². The second kappa shape index (κ2) is 6.09. The molecule has 1 atom stereocenters. The number of nitrogens with two attached hydrogens (primary N) is 1. The molecular formula is C15H18N2O2. The number of nitrogens with one attached hydrogen (secondary N) is 1. The Morgan fingerprint density at radius 1 is 1.32 bits per heavy atom. The molecule has 1 amide bonds. The van der Waals surface area contributed by atoms with E-state index in [1.54, 1.807) is 6.26 Å². The van der Waals surface area contributed by atoms with E-state index in [9.17, 15) is 4.79 Å². The van der Waals surface area contributed by atoms with Crippen LogP contribution in [0.1, 0.15) is 30.7 Å². The summed E-state index contributed by atoms with van der Waals surface area (Å²) in [6.45, 7) is 1.90. The SMILES string of the molecule is C[C@@H](NC(=O)CCc1ccc(N)cc1)c1ccco1. The van der Waals surface area contributed by atoms with Gasteiger partial charge in [0.25, 0.3) is 0 Å². The molecule has 1 aromatic carbocycles. The maximum absolute atomic E-state index is 11.8. The molecule has 0 spiro atoms. The minimum absolute atomic E-state index is 0.0146. The maximum Gasteiger partial charge on any atom is 0.220 e. The van der Waals surface area contributed by atoms with E-state index in [0.717, 1.165) is 17.0 Å². The van der Waals surface area contributed by atoms with Crippen molar-refractivity contribution >= 4 is 11.6 Å². The van der Waals surface area contributed by atoms with Crippen LogP contribution >= 0.6 is 0 Å². The zero-order valence-corrected chi connectivity index (χ0v) is 10.9. The van der Waals surface area contributed by atoms with Crippen LogP contribution in [0, 0.1) is 0 Å². The lowest BCUT2D eigenvalue weighted by Gasteiger charge is -2.11. The van der Waals surface area contributed by atoms with Crippen molar-refractivity contribution in [1.29, 1.82) is 0 Å². The Morgan fingerprint density at radius 2 is 2.05 bits per heavy atom. The first-order valence-corrected chi connectivity index (χ1v) is 6.32. The van der Waals surface area contributed by atoms with Crippen molar-refractivity contribution in [2.45, 2.75) is 25.8 Å². The number of anilines is 1. The molecule has 19 heavy (non-hydrogen) atoms. The Kier molecular flexibility index (Phi) is 4.23. The average molecular weight is 258 g/mol. The quantitative estimate of drug-likeness (QED) is 0.810. The van der Waals surface area contributed by atoms with Crippen molar-refractivity contribution in [3.8, 4) is 0 Å². The lowest BCUT2D eigenvalue weighted by molar-refractivity contribution is -0.121. The monoisotopic (exact) mass is 258 g/mol. The zero-order chi connectivity index (χ0) is 13.7. The Bertz CT molecular complexity index is 518. The number of furan rings is 1. The Labute approximate surface area is 112 Å². The van der Waals surface area contributed by atoms with Crippen LogP contribution in [0.25, 0.3) is 0 Å². The van der Waals surface area contributed by atoms with Crippen molar-refractivity contribution < 1.29 is 9.21 Å². The first-order valence-electron chi connectivity index (χ1n) is 6.32. The van der Waals surface area contributed by atoms with Crippen LogP contribution in [0.15, 0.2) is 47.1 Å². The smallest absolute Gasteiger partial charge is 0.220 e. The molecule has 1 aromatic heterocycles. The molecule has 4 nitrogen and oxygen atoms in total. The van der Waals surface area contributed by atoms with Gasteiger partial charge in [-0.05, 0) is 43.2 Å². The molecule has 3 N–H and O–H groups in total. The number of rotatable bonds is 5. The summed E-state index contributed by atoms with van der Waals surface area (Å²) in [5.41, 5.74) is 7.46. The number of benzene rings is 1. The Balaban J connectivity index is 1.80. The van der Waals surface area contributed by atoms with Crippen LogP contribution in [0.2, 0.25) is 0 Å². The zero-order valence-electron chi connectivity index (χ0n) is 10.9. The van der Waals surface area contributed by atoms with Crippen LogP contribution < -0.4 is 11.1 Å². The number of carbonyl (C=O) groups is 1. The van der Waals surface area contributed by atoms with E-state index in [1.807, 2.05) is 43.3 Å². The van der Waals surface area contributed by atoms with Crippen LogP contribution in [0.4, 0.5) is 5.69 Å². The highest BCUT2D eigenvalue weighted by Crippen LogP contribution is 2.13. The van der Waals surface area contributed by atoms with Gasteiger partial charge in [0.05, 0.1) is 12.3 Å². The summed E-state index contributed by atoms with van der Waals surface area (Å²) in [7, 11) is 0. The lowest BCUT2D eigenvalue weighted by Crippen LogP contribution is -2.26. The van der Waals surface area contributed by atoms with Crippen LogP contribution in [-0.4, -0.2) is 5.91 Å². The standard InChI is InChI=1S/C15H18N2O2/c1-11(14-3-2-10-19-14)17-15(18)9-6-12-4-7-13(16)8-5-12/h2-5,7-8,10-11H,6,9,16H2,1H3,(H,17,18)/t11-/m1/s1. The van der Waals surface area contributed by atoms with Gasteiger partial charge in [0, 0.05) is 12.1 Å². The van der Waals surface area contributed by atoms with E-state index in [2.05, 4.69) is 5.32 Å². The second-order valence-electron chi connectivity index (χ2n) is 4.55. The van der Waals surface area contributed by atoms with E-state index in [4.69, 9.17) is 10.2 Å². The fourth-order valence-corrected chi connectivity index (χ4v) is 1.86. The number of carbonyl (C=O) groups excluding carboxylic acids is 1. The predicted molar refractivity (Wildman–Crippen MR) is 74.4 cm³/mol. The molecule has 0 aliphatic rings. The molecule has 0 fully saturated rings. The largest absolute Gasteiger partial charge is 0.467 e. The topological polar surface area (TPSA) is 68.3 Å². The molecule has 2 aromatic rings. The van der Waals surface area contributed by atoms with E-state index >= 15 is 0 Å². The third-order valence-electron chi connectivity index (χ3n) is 2.97. The molecule has 2 rings (SSSR count). The lowest BCUT2D eigenvalue weighted by atomic mass is 10.1. The molecule has 0 aliphatic carbocycles. The predicted octanol–water partition coefficient (Wildman–Crippen LogP) is 2.67.